The Morgan fingerprint density at radius 2 is 1.79 bits per heavy atom. The number of rotatable bonds is 4. The molecule has 19 heavy (non-hydrogen) atoms. The van der Waals surface area contributed by atoms with E-state index in [1.54, 1.807) is 0 Å². The predicted octanol–water partition coefficient (Wildman–Crippen LogP) is 3.33. The van der Waals surface area contributed by atoms with Crippen molar-refractivity contribution in [2.75, 3.05) is 20.6 Å². The normalized spacial score (nSPS) is 19.7. The first-order valence-corrected chi connectivity index (χ1v) is 7.25. The zero-order chi connectivity index (χ0) is 13.7. The molecule has 1 aromatic rings. The third-order valence-corrected chi connectivity index (χ3v) is 3.93. The first kappa shape index (κ1) is 14.3. The van der Waals surface area contributed by atoms with E-state index in [9.17, 15) is 5.11 Å². The lowest BCUT2D eigenvalue weighted by atomic mass is 9.76. The average Bonchev–Trinajstić information content (AvgIpc) is 2.40. The van der Waals surface area contributed by atoms with Gasteiger partial charge in [0.2, 0.25) is 0 Å². The van der Waals surface area contributed by atoms with E-state index < -0.39 is 5.60 Å². The lowest BCUT2D eigenvalue weighted by molar-refractivity contribution is 0.0611. The smallest absolute Gasteiger partial charge is 0.0899 e. The lowest BCUT2D eigenvalue weighted by Crippen LogP contribution is -2.33. The van der Waals surface area contributed by atoms with Gasteiger partial charge in [0.25, 0.3) is 0 Å². The van der Waals surface area contributed by atoms with Gasteiger partial charge in [0.1, 0.15) is 0 Å². The molecule has 0 bridgehead atoms. The fourth-order valence-corrected chi connectivity index (χ4v) is 2.87. The van der Waals surface area contributed by atoms with Crippen molar-refractivity contribution in [2.24, 2.45) is 0 Å². The zero-order valence-corrected chi connectivity index (χ0v) is 12.1. The monoisotopic (exact) mass is 259 g/mol. The summed E-state index contributed by atoms with van der Waals surface area (Å²) in [4.78, 5) is 2.13. The highest BCUT2D eigenvalue weighted by molar-refractivity contribution is 5.72. The molecule has 0 aromatic heterocycles. The van der Waals surface area contributed by atoms with Crippen LogP contribution in [0.15, 0.2) is 36.4 Å². The summed E-state index contributed by atoms with van der Waals surface area (Å²) in [5, 5.41) is 11.0. The molecule has 1 N–H and O–H groups in total. The highest BCUT2D eigenvalue weighted by Crippen LogP contribution is 2.39. The molecule has 0 heterocycles. The van der Waals surface area contributed by atoms with E-state index in [0.717, 1.165) is 43.4 Å². The minimum atomic E-state index is -0.629. The summed E-state index contributed by atoms with van der Waals surface area (Å²) in [5.41, 5.74) is 1.64. The second-order valence-electron chi connectivity index (χ2n) is 5.84. The van der Waals surface area contributed by atoms with Crippen molar-refractivity contribution >= 4 is 5.57 Å². The molecule has 0 spiro atoms. The van der Waals surface area contributed by atoms with Crippen molar-refractivity contribution in [1.29, 1.82) is 0 Å². The molecule has 2 rings (SSSR count). The van der Waals surface area contributed by atoms with Crippen LogP contribution in [0.1, 0.15) is 37.7 Å². The van der Waals surface area contributed by atoms with Gasteiger partial charge in [-0.25, -0.2) is 0 Å². The number of likely N-dealkylation sites (N-methyl/N-ethyl adjacent to an activating group) is 1. The van der Waals surface area contributed by atoms with Crippen molar-refractivity contribution in [3.8, 4) is 0 Å². The van der Waals surface area contributed by atoms with Gasteiger partial charge in [-0.3, -0.25) is 0 Å². The molecule has 1 fully saturated rings. The van der Waals surface area contributed by atoms with E-state index >= 15 is 0 Å². The quantitative estimate of drug-likeness (QED) is 0.896. The maximum Gasteiger partial charge on any atom is 0.0899 e. The van der Waals surface area contributed by atoms with Crippen molar-refractivity contribution in [3.05, 3.63) is 42.0 Å². The summed E-state index contributed by atoms with van der Waals surface area (Å²) in [7, 11) is 4.12. The Balaban J connectivity index is 2.31. The summed E-state index contributed by atoms with van der Waals surface area (Å²) >= 11 is 0. The summed E-state index contributed by atoms with van der Waals surface area (Å²) in [5.74, 6) is 0. The first-order valence-electron chi connectivity index (χ1n) is 7.25. The third kappa shape index (κ3) is 3.68. The van der Waals surface area contributed by atoms with Crippen LogP contribution < -0.4 is 0 Å². The number of hydrogen-bond acceptors (Lipinski definition) is 2. The van der Waals surface area contributed by atoms with E-state index in [2.05, 4.69) is 37.2 Å². The van der Waals surface area contributed by atoms with E-state index in [0.29, 0.717) is 0 Å². The molecule has 0 saturated heterocycles. The Morgan fingerprint density at radius 3 is 2.37 bits per heavy atom. The number of nitrogens with zero attached hydrogens (tertiary/aromatic N) is 1. The maximum atomic E-state index is 11.0. The molecule has 1 aromatic carbocycles. The Morgan fingerprint density at radius 1 is 1.16 bits per heavy atom. The number of hydrogen-bond donors (Lipinski definition) is 1. The summed E-state index contributed by atoms with van der Waals surface area (Å²) in [6.07, 6.45) is 7.48. The average molecular weight is 259 g/mol. The van der Waals surface area contributed by atoms with Crippen molar-refractivity contribution in [2.45, 2.75) is 37.7 Å². The Bertz CT molecular complexity index is 416. The minimum absolute atomic E-state index is 0.629. The molecule has 104 valence electrons. The molecular weight excluding hydrogens is 234 g/mol. The van der Waals surface area contributed by atoms with Gasteiger partial charge in [0.05, 0.1) is 5.60 Å². The van der Waals surface area contributed by atoms with Gasteiger partial charge >= 0.3 is 0 Å². The minimum Gasteiger partial charge on any atom is -0.385 e. The van der Waals surface area contributed by atoms with Crippen LogP contribution in [-0.2, 0) is 0 Å². The second kappa shape index (κ2) is 6.36. The highest BCUT2D eigenvalue weighted by Gasteiger charge is 2.33. The first-order chi connectivity index (χ1) is 9.12. The van der Waals surface area contributed by atoms with E-state index in [-0.39, 0.29) is 0 Å². The van der Waals surface area contributed by atoms with Crippen LogP contribution in [0.4, 0.5) is 0 Å². The summed E-state index contributed by atoms with van der Waals surface area (Å²) in [6, 6.07) is 10.3. The third-order valence-electron chi connectivity index (χ3n) is 3.93. The van der Waals surface area contributed by atoms with Gasteiger partial charge in [0.15, 0.2) is 0 Å². The van der Waals surface area contributed by atoms with Gasteiger partial charge < -0.3 is 10.0 Å². The molecular formula is C17H25NO. The highest BCUT2D eigenvalue weighted by atomic mass is 16.3. The Labute approximate surface area is 116 Å². The van der Waals surface area contributed by atoms with Gasteiger partial charge in [-0.1, -0.05) is 55.7 Å². The van der Waals surface area contributed by atoms with Crippen LogP contribution in [0.2, 0.25) is 0 Å². The Hall–Kier alpha value is -1.12. The second-order valence-corrected chi connectivity index (χ2v) is 5.84. The number of aliphatic hydroxyl groups is 1. The lowest BCUT2D eigenvalue weighted by Gasteiger charge is -2.35. The van der Waals surface area contributed by atoms with Crippen LogP contribution in [0.5, 0.6) is 0 Å². The maximum absolute atomic E-state index is 11.0. The molecule has 1 aliphatic carbocycles. The largest absolute Gasteiger partial charge is 0.385 e. The summed E-state index contributed by atoms with van der Waals surface area (Å²) < 4.78 is 0. The molecule has 2 nitrogen and oxygen atoms in total. The van der Waals surface area contributed by atoms with Gasteiger partial charge in [-0.15, -0.1) is 0 Å². The van der Waals surface area contributed by atoms with Crippen molar-refractivity contribution in [3.63, 3.8) is 0 Å². The molecule has 0 amide bonds. The standard InChI is InChI=1S/C17H25NO/c1-18(2)14-11-16(15-9-5-3-6-10-15)17(19)12-7-4-8-13-17/h3,5-6,9-11,19H,4,7-8,12-14H2,1-2H3. The molecule has 1 aliphatic rings. The SMILES string of the molecule is CN(C)CC=C(c1ccccc1)C1(O)CCCCC1. The van der Waals surface area contributed by atoms with E-state index in [1.165, 1.54) is 6.42 Å². The molecule has 1 saturated carbocycles. The van der Waals surface area contributed by atoms with Crippen LogP contribution in [0, 0.1) is 0 Å². The van der Waals surface area contributed by atoms with Crippen molar-refractivity contribution < 1.29 is 5.11 Å². The topological polar surface area (TPSA) is 23.5 Å². The fourth-order valence-electron chi connectivity index (χ4n) is 2.87. The van der Waals surface area contributed by atoms with Crippen LogP contribution in [-0.4, -0.2) is 36.2 Å². The van der Waals surface area contributed by atoms with E-state index in [1.807, 2.05) is 18.2 Å². The molecule has 2 heteroatoms. The molecule has 0 aliphatic heterocycles. The van der Waals surface area contributed by atoms with Crippen LogP contribution >= 0.6 is 0 Å². The van der Waals surface area contributed by atoms with Crippen LogP contribution in [0.25, 0.3) is 5.57 Å². The van der Waals surface area contributed by atoms with E-state index in [4.69, 9.17) is 0 Å². The molecule has 0 atom stereocenters. The zero-order valence-electron chi connectivity index (χ0n) is 12.1. The Kier molecular flexibility index (Phi) is 4.78. The van der Waals surface area contributed by atoms with Gasteiger partial charge in [-0.2, -0.15) is 0 Å². The fraction of sp³-hybridized carbons (Fsp3) is 0.529. The van der Waals surface area contributed by atoms with Gasteiger partial charge in [0, 0.05) is 6.54 Å². The van der Waals surface area contributed by atoms with Crippen molar-refractivity contribution in [1.82, 2.24) is 4.90 Å². The molecule has 0 unspecified atom stereocenters. The predicted molar refractivity (Wildman–Crippen MR) is 81.0 cm³/mol. The summed E-state index contributed by atoms with van der Waals surface area (Å²) in [6.45, 7) is 0.868. The van der Waals surface area contributed by atoms with Crippen LogP contribution in [0.3, 0.4) is 0 Å². The molecule has 0 radical (unpaired) electrons. The van der Waals surface area contributed by atoms with Gasteiger partial charge in [-0.05, 0) is 38.1 Å². The number of benzene rings is 1.